The molecule has 51 heavy (non-hydrogen) atoms. The van der Waals surface area contributed by atoms with Crippen molar-refractivity contribution in [3.63, 3.8) is 0 Å². The minimum atomic E-state index is -0.181. The summed E-state index contributed by atoms with van der Waals surface area (Å²) in [5, 5.41) is 13.9. The van der Waals surface area contributed by atoms with Crippen molar-refractivity contribution in [3.05, 3.63) is 76.6 Å². The molecule has 0 aliphatic rings. The highest BCUT2D eigenvalue weighted by Gasteiger charge is 2.08. The van der Waals surface area contributed by atoms with E-state index in [2.05, 4.69) is 39.1 Å². The fraction of sp³-hybridized carbons (Fsp3) is 0.556. The molecule has 0 aliphatic carbocycles. The van der Waals surface area contributed by atoms with E-state index in [9.17, 15) is 9.59 Å². The first-order chi connectivity index (χ1) is 25.0. The highest BCUT2D eigenvalue weighted by molar-refractivity contribution is 6.17. The molecule has 15 heteroatoms. The van der Waals surface area contributed by atoms with Gasteiger partial charge in [-0.25, -0.2) is 4.68 Å². The molecule has 0 unspecified atom stereocenters. The molecule has 1 heterocycles. The molecular weight excluding hydrogens is 680 g/mol. The van der Waals surface area contributed by atoms with Gasteiger partial charge in [0, 0.05) is 37.5 Å². The van der Waals surface area contributed by atoms with Crippen LogP contribution in [0.5, 0.6) is 5.75 Å². The Labute approximate surface area is 305 Å². The van der Waals surface area contributed by atoms with Gasteiger partial charge in [-0.05, 0) is 54.2 Å². The SMILES string of the molecule is COc1cc(CCCCl)ccc1CCOCCNC(=O)c1ccc(CNC(=O)CCOCCOCCn2cc(COCCOCCN)nn2)cc1. The van der Waals surface area contributed by atoms with Gasteiger partial charge in [-0.1, -0.05) is 29.5 Å². The number of alkyl halides is 1. The maximum atomic E-state index is 12.5. The van der Waals surface area contributed by atoms with Crippen molar-refractivity contribution in [3.8, 4) is 5.75 Å². The van der Waals surface area contributed by atoms with Crippen LogP contribution in [0, 0.1) is 0 Å². The minimum absolute atomic E-state index is 0.121. The van der Waals surface area contributed by atoms with Crippen molar-refractivity contribution in [2.75, 3.05) is 85.5 Å². The minimum Gasteiger partial charge on any atom is -0.496 e. The molecule has 282 valence electrons. The van der Waals surface area contributed by atoms with Gasteiger partial charge in [0.1, 0.15) is 11.4 Å². The van der Waals surface area contributed by atoms with E-state index in [1.807, 2.05) is 18.3 Å². The van der Waals surface area contributed by atoms with Crippen molar-refractivity contribution in [2.24, 2.45) is 5.73 Å². The molecule has 3 aromatic rings. The van der Waals surface area contributed by atoms with Gasteiger partial charge in [-0.2, -0.15) is 0 Å². The number of nitrogens with two attached hydrogens (primary N) is 1. The van der Waals surface area contributed by atoms with E-state index in [0.29, 0.717) is 110 Å². The second-order valence-corrected chi connectivity index (χ2v) is 11.8. The van der Waals surface area contributed by atoms with Gasteiger partial charge in [0.05, 0.1) is 85.9 Å². The number of amides is 2. The number of nitrogens with one attached hydrogen (secondary N) is 2. The molecule has 4 N–H and O–H groups in total. The molecule has 2 aromatic carbocycles. The third kappa shape index (κ3) is 17.9. The van der Waals surface area contributed by atoms with E-state index in [1.54, 1.807) is 23.9 Å². The number of hydrogen-bond acceptors (Lipinski definition) is 11. The molecule has 1 aromatic heterocycles. The monoisotopic (exact) mass is 732 g/mol. The lowest BCUT2D eigenvalue weighted by Crippen LogP contribution is -2.27. The number of benzene rings is 2. The van der Waals surface area contributed by atoms with Crippen LogP contribution < -0.4 is 21.1 Å². The molecule has 0 spiro atoms. The van der Waals surface area contributed by atoms with Crippen molar-refractivity contribution in [1.82, 2.24) is 25.6 Å². The number of ether oxygens (including phenoxy) is 6. The second-order valence-electron chi connectivity index (χ2n) is 11.4. The molecule has 0 saturated carbocycles. The Morgan fingerprint density at radius 3 is 2.31 bits per heavy atom. The molecule has 0 aliphatic heterocycles. The topological polar surface area (TPSA) is 170 Å². The maximum Gasteiger partial charge on any atom is 0.251 e. The standard InChI is InChI=1S/C36H53ClN6O8/c1-46-34-25-29(3-2-12-37)4-7-31(34)10-16-47-19-14-39-36(45)32-8-5-30(6-9-32)26-40-35(44)11-17-48-21-22-50-20-15-43-27-33(41-42-43)28-51-24-23-49-18-13-38/h4-9,25,27H,2-3,10-24,26,28,38H2,1H3,(H,39,45)(H,40,44). The molecule has 0 radical (unpaired) electrons. The number of halogens is 1. The van der Waals surface area contributed by atoms with Gasteiger partial charge in [0.2, 0.25) is 5.91 Å². The fourth-order valence-electron chi connectivity index (χ4n) is 4.75. The van der Waals surface area contributed by atoms with Gasteiger partial charge < -0.3 is 44.8 Å². The van der Waals surface area contributed by atoms with Gasteiger partial charge in [0.15, 0.2) is 0 Å². The van der Waals surface area contributed by atoms with Crippen molar-refractivity contribution >= 4 is 23.4 Å². The van der Waals surface area contributed by atoms with E-state index in [-0.39, 0.29) is 18.2 Å². The van der Waals surface area contributed by atoms with Crippen LogP contribution in [-0.2, 0) is 61.0 Å². The maximum absolute atomic E-state index is 12.5. The number of hydrogen-bond donors (Lipinski definition) is 3. The first kappa shape index (κ1) is 41.8. The zero-order valence-corrected chi connectivity index (χ0v) is 30.4. The second kappa shape index (κ2) is 26.2. The lowest BCUT2D eigenvalue weighted by Gasteiger charge is -2.11. The summed E-state index contributed by atoms with van der Waals surface area (Å²) in [5.41, 5.74) is 9.81. The lowest BCUT2D eigenvalue weighted by molar-refractivity contribution is -0.122. The average Bonchev–Trinajstić information content (AvgIpc) is 3.61. The number of aryl methyl sites for hydroxylation is 1. The van der Waals surface area contributed by atoms with Crippen LogP contribution in [0.2, 0.25) is 0 Å². The highest BCUT2D eigenvalue weighted by Crippen LogP contribution is 2.22. The Hall–Kier alpha value is -3.63. The van der Waals surface area contributed by atoms with Crippen LogP contribution in [0.1, 0.15) is 45.6 Å². The summed E-state index contributed by atoms with van der Waals surface area (Å²) in [5.74, 6) is 1.19. The third-order valence-electron chi connectivity index (χ3n) is 7.48. The van der Waals surface area contributed by atoms with E-state index < -0.39 is 0 Å². The van der Waals surface area contributed by atoms with Crippen molar-refractivity contribution in [2.45, 2.75) is 45.4 Å². The Morgan fingerprint density at radius 2 is 1.55 bits per heavy atom. The Kier molecular flexibility index (Phi) is 21.5. The van der Waals surface area contributed by atoms with Gasteiger partial charge in [-0.3, -0.25) is 9.59 Å². The summed E-state index contributed by atoms with van der Waals surface area (Å²) in [6.07, 6.45) is 4.62. The molecule has 14 nitrogen and oxygen atoms in total. The van der Waals surface area contributed by atoms with Crippen LogP contribution in [0.3, 0.4) is 0 Å². The molecule has 3 rings (SSSR count). The quantitative estimate of drug-likeness (QED) is 0.0709. The number of nitrogens with zero attached hydrogens (tertiary/aromatic N) is 3. The van der Waals surface area contributed by atoms with E-state index in [1.165, 1.54) is 5.56 Å². The number of carbonyl (C=O) groups is 2. The van der Waals surface area contributed by atoms with E-state index >= 15 is 0 Å². The van der Waals surface area contributed by atoms with Crippen LogP contribution in [0.25, 0.3) is 0 Å². The Bertz CT molecular complexity index is 1390. The molecule has 2 amide bonds. The number of aromatic nitrogens is 3. The molecular formula is C36H53ClN6O8. The summed E-state index contributed by atoms with van der Waals surface area (Å²) in [6.45, 7) is 6.10. The normalized spacial score (nSPS) is 11.1. The van der Waals surface area contributed by atoms with Crippen LogP contribution in [-0.4, -0.2) is 112 Å². The number of carbonyl (C=O) groups excluding carboxylic acids is 2. The first-order valence-corrected chi connectivity index (χ1v) is 17.9. The number of methoxy groups -OCH3 is 1. The number of rotatable bonds is 29. The smallest absolute Gasteiger partial charge is 0.251 e. The highest BCUT2D eigenvalue weighted by atomic mass is 35.5. The van der Waals surface area contributed by atoms with Crippen molar-refractivity contribution < 1.29 is 38.0 Å². The zero-order valence-electron chi connectivity index (χ0n) is 29.6. The Balaban J connectivity index is 1.16. The summed E-state index contributed by atoms with van der Waals surface area (Å²) in [4.78, 5) is 24.7. The molecule has 0 fully saturated rings. The van der Waals surface area contributed by atoms with Crippen LogP contribution in [0.15, 0.2) is 48.7 Å². The summed E-state index contributed by atoms with van der Waals surface area (Å²) < 4.78 is 34.8. The van der Waals surface area contributed by atoms with E-state index in [4.69, 9.17) is 45.8 Å². The molecule has 0 atom stereocenters. The first-order valence-electron chi connectivity index (χ1n) is 17.4. The average molecular weight is 733 g/mol. The summed E-state index contributed by atoms with van der Waals surface area (Å²) >= 11 is 5.80. The van der Waals surface area contributed by atoms with E-state index in [0.717, 1.165) is 35.4 Å². The van der Waals surface area contributed by atoms with Crippen LogP contribution >= 0.6 is 11.6 Å². The van der Waals surface area contributed by atoms with Crippen LogP contribution in [0.4, 0.5) is 0 Å². The molecule has 0 bridgehead atoms. The summed E-state index contributed by atoms with van der Waals surface area (Å²) in [7, 11) is 1.67. The fourth-order valence-corrected chi connectivity index (χ4v) is 4.88. The van der Waals surface area contributed by atoms with Crippen molar-refractivity contribution in [1.29, 1.82) is 0 Å². The zero-order chi connectivity index (χ0) is 36.4. The summed E-state index contributed by atoms with van der Waals surface area (Å²) in [6, 6.07) is 13.3. The van der Waals surface area contributed by atoms with Gasteiger partial charge >= 0.3 is 0 Å². The molecule has 0 saturated heterocycles. The third-order valence-corrected chi connectivity index (χ3v) is 7.75. The Morgan fingerprint density at radius 1 is 0.824 bits per heavy atom. The van der Waals surface area contributed by atoms with Gasteiger partial charge in [-0.15, -0.1) is 16.7 Å². The predicted octanol–water partition coefficient (Wildman–Crippen LogP) is 2.68. The van der Waals surface area contributed by atoms with Gasteiger partial charge in [0.25, 0.3) is 5.91 Å². The predicted molar refractivity (Wildman–Crippen MR) is 193 cm³/mol. The largest absolute Gasteiger partial charge is 0.496 e. The lowest BCUT2D eigenvalue weighted by atomic mass is 10.0.